The molecule has 8 nitrogen and oxygen atoms in total. The lowest BCUT2D eigenvalue weighted by Gasteiger charge is -2.19. The minimum atomic E-state index is -0.542. The normalized spacial score (nSPS) is 12.5. The highest BCUT2D eigenvalue weighted by Gasteiger charge is 2.15. The van der Waals surface area contributed by atoms with Crippen molar-refractivity contribution in [3.63, 3.8) is 0 Å². The largest absolute Gasteiger partial charge is 0.454 e. The van der Waals surface area contributed by atoms with Crippen LogP contribution in [0.4, 0.5) is 9.59 Å². The molecule has 1 aromatic carbocycles. The molecule has 24 heavy (non-hydrogen) atoms. The third-order valence-corrected chi connectivity index (χ3v) is 2.97. The summed E-state index contributed by atoms with van der Waals surface area (Å²) in [6, 6.07) is 5.17. The third-order valence-electron chi connectivity index (χ3n) is 2.97. The summed E-state index contributed by atoms with van der Waals surface area (Å²) in [6.07, 6.45) is -0.509. The highest BCUT2D eigenvalue weighted by molar-refractivity contribution is 5.74. The number of carbonyl (C=O) groups excluding carboxylic acids is 2. The number of nitrogens with one attached hydrogen (secondary N) is 3. The van der Waals surface area contributed by atoms with Gasteiger partial charge in [-0.05, 0) is 38.5 Å². The molecule has 1 heterocycles. The molecule has 1 aromatic rings. The van der Waals surface area contributed by atoms with E-state index in [4.69, 9.17) is 14.2 Å². The standard InChI is InChI=1S/C16H23N3O5/c1-16(2,3)24-15(21)18-7-6-17-14(20)19-9-11-4-5-12-13(8-11)23-10-22-12/h4-5,8H,6-7,9-10H2,1-3H3,(H,18,21)(H2,17,19,20). The first-order chi connectivity index (χ1) is 11.3. The molecule has 2 rings (SSSR count). The molecule has 1 aliphatic rings. The van der Waals surface area contributed by atoms with Gasteiger partial charge in [0.25, 0.3) is 0 Å². The Kier molecular flexibility index (Phi) is 5.73. The molecular weight excluding hydrogens is 314 g/mol. The van der Waals surface area contributed by atoms with Crippen LogP contribution in [0.15, 0.2) is 18.2 Å². The van der Waals surface area contributed by atoms with Crippen molar-refractivity contribution in [1.82, 2.24) is 16.0 Å². The van der Waals surface area contributed by atoms with E-state index >= 15 is 0 Å². The van der Waals surface area contributed by atoms with Crippen LogP contribution in [0.25, 0.3) is 0 Å². The van der Waals surface area contributed by atoms with Crippen molar-refractivity contribution in [3.05, 3.63) is 23.8 Å². The summed E-state index contributed by atoms with van der Waals surface area (Å²) >= 11 is 0. The summed E-state index contributed by atoms with van der Waals surface area (Å²) < 4.78 is 15.6. The van der Waals surface area contributed by atoms with Gasteiger partial charge in [-0.1, -0.05) is 6.07 Å². The van der Waals surface area contributed by atoms with Gasteiger partial charge in [0.05, 0.1) is 0 Å². The van der Waals surface area contributed by atoms with E-state index in [1.165, 1.54) is 0 Å². The zero-order chi connectivity index (χ0) is 17.6. The second-order valence-electron chi connectivity index (χ2n) is 6.23. The fraction of sp³-hybridized carbons (Fsp3) is 0.500. The Morgan fingerprint density at radius 3 is 2.54 bits per heavy atom. The number of benzene rings is 1. The predicted octanol–water partition coefficient (Wildman–Crippen LogP) is 1.74. The van der Waals surface area contributed by atoms with E-state index in [0.717, 1.165) is 5.56 Å². The number of hydrogen-bond acceptors (Lipinski definition) is 5. The van der Waals surface area contributed by atoms with Crippen LogP contribution in [-0.4, -0.2) is 37.6 Å². The predicted molar refractivity (Wildman–Crippen MR) is 87.0 cm³/mol. The lowest BCUT2D eigenvalue weighted by atomic mass is 10.2. The maximum atomic E-state index is 11.7. The Hall–Kier alpha value is -2.64. The van der Waals surface area contributed by atoms with Crippen LogP contribution in [0, 0.1) is 0 Å². The second kappa shape index (κ2) is 7.76. The van der Waals surface area contributed by atoms with E-state index in [2.05, 4.69) is 16.0 Å². The number of urea groups is 1. The van der Waals surface area contributed by atoms with Gasteiger partial charge in [0.1, 0.15) is 5.60 Å². The molecule has 3 N–H and O–H groups in total. The first-order valence-electron chi connectivity index (χ1n) is 7.70. The molecular formula is C16H23N3O5. The van der Waals surface area contributed by atoms with Crippen LogP contribution in [0.5, 0.6) is 11.5 Å². The van der Waals surface area contributed by atoms with E-state index < -0.39 is 11.7 Å². The number of amides is 3. The SMILES string of the molecule is CC(C)(C)OC(=O)NCCNC(=O)NCc1ccc2c(c1)OCO2. The first-order valence-corrected chi connectivity index (χ1v) is 7.70. The number of fused-ring (bicyclic) bond motifs is 1. The van der Waals surface area contributed by atoms with Gasteiger partial charge in [-0.3, -0.25) is 0 Å². The number of rotatable bonds is 5. The Bertz CT molecular complexity index is 598. The van der Waals surface area contributed by atoms with Gasteiger partial charge in [0, 0.05) is 19.6 Å². The maximum absolute atomic E-state index is 11.7. The maximum Gasteiger partial charge on any atom is 0.407 e. The third kappa shape index (κ3) is 5.86. The molecule has 132 valence electrons. The van der Waals surface area contributed by atoms with Gasteiger partial charge in [-0.25, -0.2) is 9.59 Å². The monoisotopic (exact) mass is 337 g/mol. The van der Waals surface area contributed by atoms with Crippen LogP contribution in [-0.2, 0) is 11.3 Å². The van der Waals surface area contributed by atoms with Crippen LogP contribution >= 0.6 is 0 Å². The smallest absolute Gasteiger partial charge is 0.407 e. The quantitative estimate of drug-likeness (QED) is 0.711. The highest BCUT2D eigenvalue weighted by Crippen LogP contribution is 2.32. The van der Waals surface area contributed by atoms with Gasteiger partial charge in [-0.2, -0.15) is 0 Å². The van der Waals surface area contributed by atoms with Gasteiger partial charge < -0.3 is 30.2 Å². The van der Waals surface area contributed by atoms with Crippen LogP contribution in [0.1, 0.15) is 26.3 Å². The van der Waals surface area contributed by atoms with Gasteiger partial charge in [0.2, 0.25) is 6.79 Å². The van der Waals surface area contributed by atoms with E-state index in [9.17, 15) is 9.59 Å². The summed E-state index contributed by atoms with van der Waals surface area (Å²) in [7, 11) is 0. The first kappa shape index (κ1) is 17.7. The van der Waals surface area contributed by atoms with Crippen molar-refractivity contribution in [2.24, 2.45) is 0 Å². The second-order valence-corrected chi connectivity index (χ2v) is 6.23. The van der Waals surface area contributed by atoms with Crippen molar-refractivity contribution < 1.29 is 23.8 Å². The molecule has 0 aromatic heterocycles. The average Bonchev–Trinajstić information content (AvgIpc) is 2.95. The fourth-order valence-electron chi connectivity index (χ4n) is 1.95. The fourth-order valence-corrected chi connectivity index (χ4v) is 1.95. The van der Waals surface area contributed by atoms with Gasteiger partial charge >= 0.3 is 12.1 Å². The van der Waals surface area contributed by atoms with Crippen molar-refractivity contribution in [3.8, 4) is 11.5 Å². The Labute approximate surface area is 140 Å². The van der Waals surface area contributed by atoms with E-state index in [0.29, 0.717) is 24.6 Å². The summed E-state index contributed by atoms with van der Waals surface area (Å²) in [5.41, 5.74) is 0.362. The Morgan fingerprint density at radius 2 is 1.79 bits per heavy atom. The highest BCUT2D eigenvalue weighted by atomic mass is 16.7. The molecule has 0 saturated heterocycles. The van der Waals surface area contributed by atoms with Crippen molar-refractivity contribution >= 4 is 12.1 Å². The molecule has 0 radical (unpaired) electrons. The van der Waals surface area contributed by atoms with Gasteiger partial charge in [0.15, 0.2) is 11.5 Å². The molecule has 0 fully saturated rings. The molecule has 0 aliphatic carbocycles. The van der Waals surface area contributed by atoms with Crippen molar-refractivity contribution in [2.45, 2.75) is 32.9 Å². The lowest BCUT2D eigenvalue weighted by molar-refractivity contribution is 0.0528. The Balaban J connectivity index is 1.61. The summed E-state index contributed by atoms with van der Waals surface area (Å²) in [5.74, 6) is 1.38. The molecule has 8 heteroatoms. The van der Waals surface area contributed by atoms with E-state index in [1.807, 2.05) is 18.2 Å². The summed E-state index contributed by atoms with van der Waals surface area (Å²) in [5, 5.41) is 7.94. The van der Waals surface area contributed by atoms with Crippen LogP contribution < -0.4 is 25.4 Å². The molecule has 1 aliphatic heterocycles. The Morgan fingerprint density at radius 1 is 1.08 bits per heavy atom. The zero-order valence-electron chi connectivity index (χ0n) is 14.1. The average molecular weight is 337 g/mol. The molecule has 0 atom stereocenters. The number of hydrogen-bond donors (Lipinski definition) is 3. The minimum Gasteiger partial charge on any atom is -0.454 e. The number of alkyl carbamates (subject to hydrolysis) is 1. The molecule has 0 saturated carbocycles. The van der Waals surface area contributed by atoms with Gasteiger partial charge in [-0.15, -0.1) is 0 Å². The topological polar surface area (TPSA) is 97.9 Å². The van der Waals surface area contributed by atoms with Crippen molar-refractivity contribution in [1.29, 1.82) is 0 Å². The van der Waals surface area contributed by atoms with Crippen LogP contribution in [0.2, 0.25) is 0 Å². The lowest BCUT2D eigenvalue weighted by Crippen LogP contribution is -2.41. The number of ether oxygens (including phenoxy) is 3. The number of carbonyl (C=O) groups is 2. The van der Waals surface area contributed by atoms with Crippen molar-refractivity contribution in [2.75, 3.05) is 19.9 Å². The minimum absolute atomic E-state index is 0.220. The van der Waals surface area contributed by atoms with E-state index in [-0.39, 0.29) is 19.4 Å². The molecule has 0 bridgehead atoms. The summed E-state index contributed by atoms with van der Waals surface area (Å²) in [4.78, 5) is 23.1. The molecule has 3 amide bonds. The van der Waals surface area contributed by atoms with Crippen LogP contribution in [0.3, 0.4) is 0 Å². The van der Waals surface area contributed by atoms with E-state index in [1.54, 1.807) is 20.8 Å². The zero-order valence-corrected chi connectivity index (χ0v) is 14.1. The molecule has 0 spiro atoms. The molecule has 0 unspecified atom stereocenters. The summed E-state index contributed by atoms with van der Waals surface area (Å²) in [6.45, 7) is 6.52.